The number of esters is 1. The number of rotatable bonds is 7. The van der Waals surface area contributed by atoms with E-state index < -0.39 is 6.09 Å². The minimum absolute atomic E-state index is 0.134. The van der Waals surface area contributed by atoms with Crippen LogP contribution < -0.4 is 9.47 Å². The van der Waals surface area contributed by atoms with Crippen LogP contribution in [0.4, 0.5) is 4.79 Å². The van der Waals surface area contributed by atoms with E-state index in [4.69, 9.17) is 18.9 Å². The summed E-state index contributed by atoms with van der Waals surface area (Å²) in [4.78, 5) is 26.6. The van der Waals surface area contributed by atoms with Gasteiger partial charge in [0.2, 0.25) is 0 Å². The van der Waals surface area contributed by atoms with E-state index in [-0.39, 0.29) is 25.1 Å². The maximum absolute atomic E-state index is 12.6. The highest BCUT2D eigenvalue weighted by atomic mass is 16.6. The molecule has 1 saturated heterocycles. The highest BCUT2D eigenvalue weighted by Crippen LogP contribution is 2.32. The van der Waals surface area contributed by atoms with Crippen LogP contribution in [0.5, 0.6) is 11.5 Å². The van der Waals surface area contributed by atoms with Crippen molar-refractivity contribution in [3.8, 4) is 11.5 Å². The maximum atomic E-state index is 12.6. The molecule has 0 radical (unpaired) electrons. The largest absolute Gasteiger partial charge is 0.493 e. The summed E-state index contributed by atoms with van der Waals surface area (Å²) in [5.74, 6) is 0.584. The van der Waals surface area contributed by atoms with Crippen LogP contribution in [0.15, 0.2) is 42.5 Å². The van der Waals surface area contributed by atoms with Crippen LogP contribution in [0.3, 0.4) is 0 Å². The van der Waals surface area contributed by atoms with E-state index in [0.29, 0.717) is 31.0 Å². The van der Waals surface area contributed by atoms with E-state index in [9.17, 15) is 9.59 Å². The van der Waals surface area contributed by atoms with Crippen molar-refractivity contribution in [1.29, 1.82) is 0 Å². The number of piperidine rings is 1. The average Bonchev–Trinajstić information content (AvgIpc) is 2.81. The van der Waals surface area contributed by atoms with Crippen molar-refractivity contribution in [2.75, 3.05) is 27.3 Å². The predicted molar refractivity (Wildman–Crippen MR) is 115 cm³/mol. The number of carbonyl (C=O) groups is 2. The van der Waals surface area contributed by atoms with Crippen LogP contribution in [0.2, 0.25) is 0 Å². The number of nitrogens with zero attached hydrogens (tertiary/aromatic N) is 1. The Balaban J connectivity index is 1.52. The van der Waals surface area contributed by atoms with Crippen LogP contribution in [0.1, 0.15) is 29.5 Å². The van der Waals surface area contributed by atoms with Gasteiger partial charge < -0.3 is 23.8 Å². The van der Waals surface area contributed by atoms with Crippen LogP contribution in [-0.2, 0) is 27.5 Å². The molecule has 0 aromatic heterocycles. The summed E-state index contributed by atoms with van der Waals surface area (Å²) in [5, 5.41) is 0. The number of methoxy groups -OCH3 is 2. The quantitative estimate of drug-likeness (QED) is 0.620. The molecule has 1 amide bonds. The Kier molecular flexibility index (Phi) is 7.76. The fourth-order valence-corrected chi connectivity index (χ4v) is 3.73. The number of likely N-dealkylation sites (tertiary alicyclic amines) is 1. The van der Waals surface area contributed by atoms with Crippen molar-refractivity contribution < 1.29 is 28.5 Å². The second kappa shape index (κ2) is 10.7. The van der Waals surface area contributed by atoms with Crippen molar-refractivity contribution in [2.45, 2.75) is 33.0 Å². The third-order valence-electron chi connectivity index (χ3n) is 5.32. The van der Waals surface area contributed by atoms with Crippen molar-refractivity contribution >= 4 is 12.1 Å². The van der Waals surface area contributed by atoms with Gasteiger partial charge in [0.05, 0.1) is 20.1 Å². The van der Waals surface area contributed by atoms with Gasteiger partial charge in [0.15, 0.2) is 11.5 Å². The van der Waals surface area contributed by atoms with Gasteiger partial charge in [-0.2, -0.15) is 0 Å². The first-order valence-corrected chi connectivity index (χ1v) is 10.4. The second-order valence-electron chi connectivity index (χ2n) is 7.58. The van der Waals surface area contributed by atoms with E-state index in [1.54, 1.807) is 25.2 Å². The maximum Gasteiger partial charge on any atom is 0.410 e. The summed E-state index contributed by atoms with van der Waals surface area (Å²) in [5.41, 5.74) is 2.64. The molecule has 0 spiro atoms. The van der Waals surface area contributed by atoms with Crippen molar-refractivity contribution in [1.82, 2.24) is 4.90 Å². The highest BCUT2D eigenvalue weighted by molar-refractivity contribution is 5.75. The minimum atomic E-state index is -0.406. The molecule has 1 fully saturated rings. The van der Waals surface area contributed by atoms with Gasteiger partial charge in [-0.05, 0) is 48.6 Å². The summed E-state index contributed by atoms with van der Waals surface area (Å²) >= 11 is 0. The lowest BCUT2D eigenvalue weighted by molar-refractivity contribution is -0.151. The smallest absolute Gasteiger partial charge is 0.410 e. The molecular weight excluding hydrogens is 398 g/mol. The van der Waals surface area contributed by atoms with Gasteiger partial charge in [-0.3, -0.25) is 4.79 Å². The topological polar surface area (TPSA) is 74.3 Å². The first-order valence-electron chi connectivity index (χ1n) is 10.4. The number of ether oxygens (including phenoxy) is 4. The average molecular weight is 427 g/mol. The second-order valence-corrected chi connectivity index (χ2v) is 7.58. The molecular formula is C24H29NO6. The van der Waals surface area contributed by atoms with E-state index in [1.165, 1.54) is 0 Å². The molecule has 166 valence electrons. The summed E-state index contributed by atoms with van der Waals surface area (Å²) in [6, 6.07) is 13.2. The molecule has 2 aromatic carbocycles. The molecule has 0 bridgehead atoms. The van der Waals surface area contributed by atoms with E-state index in [2.05, 4.69) is 0 Å². The Hall–Kier alpha value is -3.22. The van der Waals surface area contributed by atoms with Gasteiger partial charge in [-0.15, -0.1) is 0 Å². The fraction of sp³-hybridized carbons (Fsp3) is 0.417. The number of benzene rings is 2. The molecule has 1 heterocycles. The lowest BCUT2D eigenvalue weighted by atomic mass is 9.98. The zero-order valence-electron chi connectivity index (χ0n) is 18.3. The monoisotopic (exact) mass is 427 g/mol. The Morgan fingerprint density at radius 1 is 1.00 bits per heavy atom. The van der Waals surface area contributed by atoms with Crippen molar-refractivity contribution in [3.63, 3.8) is 0 Å². The number of carbonyl (C=O) groups excluding carboxylic acids is 2. The van der Waals surface area contributed by atoms with Crippen LogP contribution >= 0.6 is 0 Å². The summed E-state index contributed by atoms with van der Waals surface area (Å²) < 4.78 is 21.6. The van der Waals surface area contributed by atoms with Crippen LogP contribution in [-0.4, -0.2) is 44.3 Å². The lowest BCUT2D eigenvalue weighted by Gasteiger charge is -2.30. The van der Waals surface area contributed by atoms with E-state index in [1.807, 2.05) is 43.3 Å². The molecule has 1 atom stereocenters. The highest BCUT2D eigenvalue weighted by Gasteiger charge is 2.30. The zero-order valence-corrected chi connectivity index (χ0v) is 18.3. The summed E-state index contributed by atoms with van der Waals surface area (Å²) in [6.07, 6.45) is 1.01. The molecule has 0 N–H and O–H groups in total. The predicted octanol–water partition coefficient (Wildman–Crippen LogP) is 4.10. The molecule has 1 aliphatic rings. The molecule has 0 saturated carbocycles. The van der Waals surface area contributed by atoms with E-state index >= 15 is 0 Å². The summed E-state index contributed by atoms with van der Waals surface area (Å²) in [7, 11) is 3.16. The summed E-state index contributed by atoms with van der Waals surface area (Å²) in [6.45, 7) is 3.13. The van der Waals surface area contributed by atoms with Gasteiger partial charge >= 0.3 is 12.1 Å². The lowest BCUT2D eigenvalue weighted by Crippen LogP contribution is -2.43. The first kappa shape index (κ1) is 22.5. The minimum Gasteiger partial charge on any atom is -0.493 e. The van der Waals surface area contributed by atoms with E-state index in [0.717, 1.165) is 23.1 Å². The zero-order chi connectivity index (χ0) is 22.2. The standard InChI is InChI=1S/C24H29NO6/c1-17-12-19(13-21(28-2)22(17)29-3)16-30-23(26)20-10-7-11-25(14-20)24(27)31-15-18-8-5-4-6-9-18/h4-6,8-9,12-13,20H,7,10-11,14-16H2,1-3H3/t20-/m1/s1. The molecule has 1 aliphatic heterocycles. The molecule has 7 heteroatoms. The molecule has 0 unspecified atom stereocenters. The molecule has 2 aromatic rings. The van der Waals surface area contributed by atoms with Gasteiger partial charge in [-0.25, -0.2) is 4.79 Å². The van der Waals surface area contributed by atoms with Gasteiger partial charge in [0, 0.05) is 13.1 Å². The Morgan fingerprint density at radius 2 is 1.74 bits per heavy atom. The Labute approximate surface area is 182 Å². The number of amides is 1. The molecule has 0 aliphatic carbocycles. The third kappa shape index (κ3) is 5.90. The Bertz CT molecular complexity index is 898. The van der Waals surface area contributed by atoms with Crippen molar-refractivity contribution in [3.05, 3.63) is 59.2 Å². The number of aryl methyl sites for hydroxylation is 1. The SMILES string of the molecule is COc1cc(COC(=O)[C@@H]2CCCN(C(=O)OCc3ccccc3)C2)cc(C)c1OC. The fourth-order valence-electron chi connectivity index (χ4n) is 3.73. The van der Waals surface area contributed by atoms with Crippen LogP contribution in [0, 0.1) is 12.8 Å². The molecule has 7 nitrogen and oxygen atoms in total. The Morgan fingerprint density at radius 3 is 2.45 bits per heavy atom. The van der Waals surface area contributed by atoms with Crippen LogP contribution in [0.25, 0.3) is 0 Å². The van der Waals surface area contributed by atoms with Gasteiger partial charge in [0.25, 0.3) is 0 Å². The molecule has 31 heavy (non-hydrogen) atoms. The molecule has 3 rings (SSSR count). The normalized spacial score (nSPS) is 15.8. The van der Waals surface area contributed by atoms with Gasteiger partial charge in [0.1, 0.15) is 13.2 Å². The van der Waals surface area contributed by atoms with Gasteiger partial charge in [-0.1, -0.05) is 30.3 Å². The number of hydrogen-bond donors (Lipinski definition) is 0. The first-order chi connectivity index (χ1) is 15.0. The third-order valence-corrected chi connectivity index (χ3v) is 5.32. The van der Waals surface area contributed by atoms with Crippen molar-refractivity contribution in [2.24, 2.45) is 5.92 Å². The number of hydrogen-bond acceptors (Lipinski definition) is 6.